The highest BCUT2D eigenvalue weighted by atomic mass is 16.3. The number of hydrogen-bond acceptors (Lipinski definition) is 8. The summed E-state index contributed by atoms with van der Waals surface area (Å²) < 4.78 is 0. The van der Waals surface area contributed by atoms with Crippen molar-refractivity contribution in [3.8, 4) is 17.4 Å². The lowest BCUT2D eigenvalue weighted by Crippen LogP contribution is -2.12. The quantitative estimate of drug-likeness (QED) is 0.702. The Morgan fingerprint density at radius 1 is 0.920 bits per heavy atom. The third-order valence-electron chi connectivity index (χ3n) is 3.63. The molecule has 0 fully saturated rings. The molecule has 0 unspecified atom stereocenters. The fraction of sp³-hybridized carbons (Fsp3) is 0.294. The number of rotatable bonds is 3. The average molecular weight is 337 g/mol. The molecule has 2 N–H and O–H groups in total. The van der Waals surface area contributed by atoms with Crippen LogP contribution in [0.5, 0.6) is 5.75 Å². The third kappa shape index (κ3) is 3.68. The van der Waals surface area contributed by atoms with Crippen LogP contribution in [0.2, 0.25) is 0 Å². The molecule has 0 aliphatic heterocycles. The van der Waals surface area contributed by atoms with Crippen LogP contribution in [0.1, 0.15) is 31.9 Å². The third-order valence-corrected chi connectivity index (χ3v) is 3.63. The summed E-state index contributed by atoms with van der Waals surface area (Å²) in [5.41, 5.74) is 2.22. The lowest BCUT2D eigenvalue weighted by atomic mass is 9.85. The van der Waals surface area contributed by atoms with Gasteiger partial charge in [-0.25, -0.2) is 24.9 Å². The van der Waals surface area contributed by atoms with Gasteiger partial charge in [0.15, 0.2) is 0 Å². The van der Waals surface area contributed by atoms with Gasteiger partial charge in [-0.3, -0.25) is 0 Å². The SMILES string of the molecule is Cc1cc(Nc2ncnc(-c3ncncn3)n2)cc(C(C)(C)C)c1O. The van der Waals surface area contributed by atoms with E-state index in [1.165, 1.54) is 19.0 Å². The Labute approximate surface area is 145 Å². The van der Waals surface area contributed by atoms with Crippen molar-refractivity contribution < 1.29 is 5.11 Å². The molecular formula is C17H19N7O. The maximum absolute atomic E-state index is 10.3. The van der Waals surface area contributed by atoms with Crippen molar-refractivity contribution in [1.82, 2.24) is 29.9 Å². The second-order valence-corrected chi connectivity index (χ2v) is 6.66. The van der Waals surface area contributed by atoms with Crippen LogP contribution in [0.15, 0.2) is 31.1 Å². The van der Waals surface area contributed by atoms with Crippen molar-refractivity contribution in [1.29, 1.82) is 0 Å². The van der Waals surface area contributed by atoms with E-state index < -0.39 is 0 Å². The predicted octanol–water partition coefficient (Wildman–Crippen LogP) is 2.78. The Hall–Kier alpha value is -3.16. The summed E-state index contributed by atoms with van der Waals surface area (Å²) in [7, 11) is 0. The standard InChI is InChI=1S/C17H19N7O/c1-10-5-11(6-12(13(10)25)17(2,3)4)23-16-22-9-21-15(24-16)14-19-7-18-8-20-14/h5-9,25H,1-4H3,(H,21,22,23,24). The molecule has 2 heterocycles. The summed E-state index contributed by atoms with van der Waals surface area (Å²) in [5, 5.41) is 13.5. The van der Waals surface area contributed by atoms with E-state index in [-0.39, 0.29) is 5.41 Å². The summed E-state index contributed by atoms with van der Waals surface area (Å²) in [6, 6.07) is 3.74. The van der Waals surface area contributed by atoms with E-state index in [1.54, 1.807) is 0 Å². The zero-order valence-corrected chi connectivity index (χ0v) is 14.5. The number of hydrogen-bond donors (Lipinski definition) is 2. The number of phenols is 1. The molecule has 25 heavy (non-hydrogen) atoms. The predicted molar refractivity (Wildman–Crippen MR) is 93.5 cm³/mol. The second-order valence-electron chi connectivity index (χ2n) is 6.66. The average Bonchev–Trinajstić information content (AvgIpc) is 2.58. The number of nitrogens with zero attached hydrogens (tertiary/aromatic N) is 6. The molecular weight excluding hydrogens is 318 g/mol. The molecule has 128 valence electrons. The Balaban J connectivity index is 1.95. The first-order valence-electron chi connectivity index (χ1n) is 7.77. The van der Waals surface area contributed by atoms with Gasteiger partial charge >= 0.3 is 0 Å². The van der Waals surface area contributed by atoms with E-state index in [4.69, 9.17) is 0 Å². The van der Waals surface area contributed by atoms with Crippen LogP contribution in [0.4, 0.5) is 11.6 Å². The van der Waals surface area contributed by atoms with E-state index in [2.05, 4.69) is 35.2 Å². The van der Waals surface area contributed by atoms with E-state index in [0.29, 0.717) is 23.3 Å². The summed E-state index contributed by atoms with van der Waals surface area (Å²) in [6.07, 6.45) is 4.17. The van der Waals surface area contributed by atoms with Gasteiger partial charge < -0.3 is 10.4 Å². The lowest BCUT2D eigenvalue weighted by molar-refractivity contribution is 0.443. The number of aromatic nitrogens is 6. The van der Waals surface area contributed by atoms with E-state index in [9.17, 15) is 5.11 Å². The summed E-state index contributed by atoms with van der Waals surface area (Å²) >= 11 is 0. The fourth-order valence-corrected chi connectivity index (χ4v) is 2.37. The first-order chi connectivity index (χ1) is 11.8. The largest absolute Gasteiger partial charge is 0.507 e. The number of nitrogens with one attached hydrogen (secondary N) is 1. The molecule has 3 rings (SSSR count). The topological polar surface area (TPSA) is 110 Å². The van der Waals surface area contributed by atoms with E-state index >= 15 is 0 Å². The van der Waals surface area contributed by atoms with Crippen molar-refractivity contribution in [2.75, 3.05) is 5.32 Å². The molecule has 0 radical (unpaired) electrons. The van der Waals surface area contributed by atoms with Crippen LogP contribution < -0.4 is 5.32 Å². The monoisotopic (exact) mass is 337 g/mol. The van der Waals surface area contributed by atoms with Gasteiger partial charge in [-0.15, -0.1) is 0 Å². The highest BCUT2D eigenvalue weighted by Crippen LogP contribution is 2.36. The van der Waals surface area contributed by atoms with Crippen molar-refractivity contribution in [3.05, 3.63) is 42.2 Å². The number of aryl methyl sites for hydroxylation is 1. The molecule has 8 heteroatoms. The fourth-order valence-electron chi connectivity index (χ4n) is 2.37. The van der Waals surface area contributed by atoms with Crippen LogP contribution in [0, 0.1) is 6.92 Å². The summed E-state index contributed by atoms with van der Waals surface area (Å²) in [4.78, 5) is 24.4. The number of benzene rings is 1. The first kappa shape index (κ1) is 16.7. The minimum atomic E-state index is -0.193. The maximum Gasteiger partial charge on any atom is 0.230 e. The van der Waals surface area contributed by atoms with Gasteiger partial charge in [0.05, 0.1) is 0 Å². The molecule has 1 aromatic carbocycles. The molecule has 0 spiro atoms. The Kier molecular flexibility index (Phi) is 4.26. The van der Waals surface area contributed by atoms with Crippen LogP contribution in [0.25, 0.3) is 11.6 Å². The van der Waals surface area contributed by atoms with Crippen molar-refractivity contribution in [3.63, 3.8) is 0 Å². The van der Waals surface area contributed by atoms with Crippen LogP contribution in [0.3, 0.4) is 0 Å². The van der Waals surface area contributed by atoms with Crippen molar-refractivity contribution in [2.45, 2.75) is 33.1 Å². The van der Waals surface area contributed by atoms with Gasteiger partial charge in [-0.05, 0) is 30.0 Å². The number of aromatic hydroxyl groups is 1. The second kappa shape index (κ2) is 6.39. The Bertz CT molecular complexity index is 891. The highest BCUT2D eigenvalue weighted by molar-refractivity contribution is 5.61. The smallest absolute Gasteiger partial charge is 0.230 e. The van der Waals surface area contributed by atoms with Gasteiger partial charge in [-0.2, -0.15) is 4.98 Å². The number of anilines is 2. The molecule has 0 atom stereocenters. The molecule has 0 saturated heterocycles. The van der Waals surface area contributed by atoms with Gasteiger partial charge in [0.25, 0.3) is 0 Å². The minimum absolute atomic E-state index is 0.193. The number of phenolic OH excluding ortho intramolecular Hbond substituents is 1. The van der Waals surface area contributed by atoms with E-state index in [1.807, 2.05) is 39.8 Å². The van der Waals surface area contributed by atoms with Gasteiger partial charge in [0.1, 0.15) is 24.7 Å². The molecule has 0 bridgehead atoms. The van der Waals surface area contributed by atoms with Crippen LogP contribution in [-0.2, 0) is 5.41 Å². The normalized spacial score (nSPS) is 11.4. The first-order valence-corrected chi connectivity index (χ1v) is 7.77. The van der Waals surface area contributed by atoms with Crippen LogP contribution >= 0.6 is 0 Å². The van der Waals surface area contributed by atoms with Crippen molar-refractivity contribution >= 4 is 11.6 Å². The highest BCUT2D eigenvalue weighted by Gasteiger charge is 2.20. The summed E-state index contributed by atoms with van der Waals surface area (Å²) in [5.74, 6) is 1.40. The zero-order valence-electron chi connectivity index (χ0n) is 14.5. The molecule has 8 nitrogen and oxygen atoms in total. The Morgan fingerprint density at radius 2 is 1.60 bits per heavy atom. The maximum atomic E-state index is 10.3. The van der Waals surface area contributed by atoms with Gasteiger partial charge in [0, 0.05) is 11.3 Å². The van der Waals surface area contributed by atoms with E-state index in [0.717, 1.165) is 16.8 Å². The summed E-state index contributed by atoms with van der Waals surface area (Å²) in [6.45, 7) is 8.01. The van der Waals surface area contributed by atoms with Crippen LogP contribution in [-0.4, -0.2) is 35.0 Å². The molecule has 0 aliphatic carbocycles. The Morgan fingerprint density at radius 3 is 2.28 bits per heavy atom. The minimum Gasteiger partial charge on any atom is -0.507 e. The lowest BCUT2D eigenvalue weighted by Gasteiger charge is -2.22. The zero-order chi connectivity index (χ0) is 18.0. The van der Waals surface area contributed by atoms with Gasteiger partial charge in [-0.1, -0.05) is 20.8 Å². The van der Waals surface area contributed by atoms with Gasteiger partial charge in [0.2, 0.25) is 17.6 Å². The molecule has 0 aliphatic rings. The molecule has 2 aromatic heterocycles. The molecule has 3 aromatic rings. The van der Waals surface area contributed by atoms with Crippen molar-refractivity contribution in [2.24, 2.45) is 0 Å². The molecule has 0 amide bonds. The molecule has 0 saturated carbocycles.